The number of ether oxygens (including phenoxy) is 1. The molecule has 96 valence electrons. The van der Waals surface area contributed by atoms with Gasteiger partial charge in [-0.1, -0.05) is 0 Å². The summed E-state index contributed by atoms with van der Waals surface area (Å²) in [4.78, 5) is 18.2. The molecule has 2 aromatic heterocycles. The zero-order valence-electron chi connectivity index (χ0n) is 10.00. The Bertz CT molecular complexity index is 507. The molecular formula is C10H12ClN5OS. The summed E-state index contributed by atoms with van der Waals surface area (Å²) in [5.74, 6) is 0.464. The molecule has 18 heavy (non-hydrogen) atoms. The summed E-state index contributed by atoms with van der Waals surface area (Å²) in [7, 11) is 1.86. The maximum Gasteiger partial charge on any atom is 0.322 e. The molecule has 0 atom stereocenters. The Morgan fingerprint density at radius 3 is 2.89 bits per heavy atom. The fourth-order valence-electron chi connectivity index (χ4n) is 1.32. The number of rotatable bonds is 5. The molecule has 0 saturated heterocycles. The molecule has 0 fully saturated rings. The number of halogens is 1. The van der Waals surface area contributed by atoms with Crippen LogP contribution < -0.4 is 9.64 Å². The van der Waals surface area contributed by atoms with Crippen LogP contribution >= 0.6 is 22.9 Å². The minimum absolute atomic E-state index is 0.119. The standard InChI is InChI=1S/C10H12ClN5OS/c1-3-17-10-14-8(11)13-9(15-10)16(2)4-7-5-18-6-12-7/h5-6H,3-4H2,1-2H3. The first-order chi connectivity index (χ1) is 8.69. The number of aromatic nitrogens is 4. The molecule has 0 bridgehead atoms. The van der Waals surface area contributed by atoms with Crippen molar-refractivity contribution in [2.45, 2.75) is 13.5 Å². The highest BCUT2D eigenvalue weighted by Crippen LogP contribution is 2.16. The zero-order valence-corrected chi connectivity index (χ0v) is 11.6. The summed E-state index contributed by atoms with van der Waals surface area (Å²) in [5.41, 5.74) is 2.74. The molecule has 0 spiro atoms. The summed E-state index contributed by atoms with van der Waals surface area (Å²) in [6, 6.07) is 0.234. The van der Waals surface area contributed by atoms with Gasteiger partial charge in [-0.3, -0.25) is 0 Å². The van der Waals surface area contributed by atoms with E-state index in [1.54, 1.807) is 16.8 Å². The van der Waals surface area contributed by atoms with Crippen LogP contribution in [0.25, 0.3) is 0 Å². The van der Waals surface area contributed by atoms with E-state index in [0.29, 0.717) is 19.1 Å². The third-order valence-electron chi connectivity index (χ3n) is 2.07. The Kier molecular flexibility index (Phi) is 4.27. The first kappa shape index (κ1) is 13.0. The third-order valence-corrected chi connectivity index (χ3v) is 2.88. The van der Waals surface area contributed by atoms with Gasteiger partial charge < -0.3 is 9.64 Å². The third kappa shape index (κ3) is 3.27. The maximum absolute atomic E-state index is 5.83. The summed E-state index contributed by atoms with van der Waals surface area (Å²) in [5, 5.41) is 2.09. The van der Waals surface area contributed by atoms with E-state index in [2.05, 4.69) is 19.9 Å². The van der Waals surface area contributed by atoms with Crippen LogP contribution in [0.1, 0.15) is 12.6 Å². The molecule has 0 aliphatic rings. The zero-order chi connectivity index (χ0) is 13.0. The first-order valence-electron chi connectivity index (χ1n) is 5.31. The molecule has 0 saturated carbocycles. The van der Waals surface area contributed by atoms with Crippen molar-refractivity contribution in [1.82, 2.24) is 19.9 Å². The molecule has 0 unspecified atom stereocenters. The van der Waals surface area contributed by atoms with Crippen molar-refractivity contribution in [3.05, 3.63) is 21.9 Å². The van der Waals surface area contributed by atoms with E-state index in [1.165, 1.54) is 0 Å². The predicted molar refractivity (Wildman–Crippen MR) is 70.2 cm³/mol. The molecule has 0 aliphatic carbocycles. The van der Waals surface area contributed by atoms with Crippen LogP contribution in [-0.4, -0.2) is 33.6 Å². The van der Waals surface area contributed by atoms with Gasteiger partial charge in [0.2, 0.25) is 11.2 Å². The van der Waals surface area contributed by atoms with Crippen LogP contribution in [0.15, 0.2) is 10.9 Å². The Morgan fingerprint density at radius 1 is 1.39 bits per heavy atom. The van der Waals surface area contributed by atoms with Gasteiger partial charge in [0.05, 0.1) is 24.4 Å². The number of thiazole rings is 1. The number of anilines is 1. The lowest BCUT2D eigenvalue weighted by Crippen LogP contribution is -2.20. The fourth-order valence-corrected chi connectivity index (χ4v) is 2.01. The minimum Gasteiger partial charge on any atom is -0.464 e. The monoisotopic (exact) mass is 285 g/mol. The fraction of sp³-hybridized carbons (Fsp3) is 0.400. The molecule has 6 nitrogen and oxygen atoms in total. The van der Waals surface area contributed by atoms with Crippen molar-refractivity contribution in [2.24, 2.45) is 0 Å². The molecule has 2 heterocycles. The van der Waals surface area contributed by atoms with Crippen LogP contribution in [0.2, 0.25) is 5.28 Å². The SMILES string of the molecule is CCOc1nc(Cl)nc(N(C)Cc2cscn2)n1. The highest BCUT2D eigenvalue weighted by Gasteiger charge is 2.11. The summed E-state index contributed by atoms with van der Waals surface area (Å²) >= 11 is 7.38. The lowest BCUT2D eigenvalue weighted by atomic mass is 10.4. The Balaban J connectivity index is 2.16. The largest absolute Gasteiger partial charge is 0.464 e. The van der Waals surface area contributed by atoms with Crippen LogP contribution in [0.3, 0.4) is 0 Å². The first-order valence-corrected chi connectivity index (χ1v) is 6.63. The van der Waals surface area contributed by atoms with Gasteiger partial charge in [0.1, 0.15) is 0 Å². The van der Waals surface area contributed by atoms with Crippen molar-refractivity contribution in [3.8, 4) is 6.01 Å². The van der Waals surface area contributed by atoms with E-state index >= 15 is 0 Å². The van der Waals surface area contributed by atoms with Gasteiger partial charge in [-0.2, -0.15) is 15.0 Å². The molecule has 0 N–H and O–H groups in total. The molecule has 8 heteroatoms. The normalized spacial score (nSPS) is 10.4. The second-order valence-electron chi connectivity index (χ2n) is 3.46. The minimum atomic E-state index is 0.119. The van der Waals surface area contributed by atoms with E-state index < -0.39 is 0 Å². The van der Waals surface area contributed by atoms with Gasteiger partial charge in [-0.25, -0.2) is 4.98 Å². The van der Waals surface area contributed by atoms with Crippen molar-refractivity contribution in [1.29, 1.82) is 0 Å². The van der Waals surface area contributed by atoms with Crippen molar-refractivity contribution >= 4 is 28.9 Å². The van der Waals surface area contributed by atoms with Crippen LogP contribution in [0, 0.1) is 0 Å². The van der Waals surface area contributed by atoms with E-state index in [1.807, 2.05) is 24.3 Å². The number of hydrogen-bond acceptors (Lipinski definition) is 7. The highest BCUT2D eigenvalue weighted by molar-refractivity contribution is 7.07. The van der Waals surface area contributed by atoms with E-state index in [4.69, 9.17) is 16.3 Å². The van der Waals surface area contributed by atoms with Gasteiger partial charge in [0.25, 0.3) is 0 Å². The van der Waals surface area contributed by atoms with Crippen LogP contribution in [-0.2, 0) is 6.54 Å². The molecule has 2 aromatic rings. The molecule has 2 rings (SSSR count). The lowest BCUT2D eigenvalue weighted by Gasteiger charge is -2.15. The number of nitrogens with zero attached hydrogens (tertiary/aromatic N) is 5. The van der Waals surface area contributed by atoms with Gasteiger partial charge in [-0.15, -0.1) is 11.3 Å². The molecule has 0 aromatic carbocycles. The van der Waals surface area contributed by atoms with Gasteiger partial charge in [-0.05, 0) is 18.5 Å². The van der Waals surface area contributed by atoms with Crippen LogP contribution in [0.4, 0.5) is 5.95 Å². The highest BCUT2D eigenvalue weighted by atomic mass is 35.5. The van der Waals surface area contributed by atoms with E-state index in [9.17, 15) is 0 Å². The number of hydrogen-bond donors (Lipinski definition) is 0. The maximum atomic E-state index is 5.83. The Hall–Kier alpha value is -1.47. The molecule has 0 aliphatic heterocycles. The molecule has 0 amide bonds. The van der Waals surface area contributed by atoms with Crippen molar-refractivity contribution in [2.75, 3.05) is 18.6 Å². The average Bonchev–Trinajstić information content (AvgIpc) is 2.81. The molecular weight excluding hydrogens is 274 g/mol. The Morgan fingerprint density at radius 2 is 2.22 bits per heavy atom. The molecule has 0 radical (unpaired) electrons. The summed E-state index contributed by atoms with van der Waals surface area (Å²) < 4.78 is 5.23. The second-order valence-corrected chi connectivity index (χ2v) is 4.51. The Labute approximate surface area is 114 Å². The van der Waals surface area contributed by atoms with Crippen LogP contribution in [0.5, 0.6) is 6.01 Å². The van der Waals surface area contributed by atoms with Gasteiger partial charge in [0, 0.05) is 12.4 Å². The smallest absolute Gasteiger partial charge is 0.322 e. The summed E-state index contributed by atoms with van der Waals surface area (Å²) in [6.07, 6.45) is 0. The lowest BCUT2D eigenvalue weighted by molar-refractivity contribution is 0.311. The van der Waals surface area contributed by atoms with Crippen molar-refractivity contribution in [3.63, 3.8) is 0 Å². The average molecular weight is 286 g/mol. The van der Waals surface area contributed by atoms with E-state index in [0.717, 1.165) is 5.69 Å². The van der Waals surface area contributed by atoms with Crippen molar-refractivity contribution < 1.29 is 4.74 Å². The topological polar surface area (TPSA) is 64.0 Å². The van der Waals surface area contributed by atoms with E-state index in [-0.39, 0.29) is 11.3 Å². The second kappa shape index (κ2) is 5.92. The quantitative estimate of drug-likeness (QED) is 0.837. The predicted octanol–water partition coefficient (Wildman–Crippen LogP) is 2.02. The van der Waals surface area contributed by atoms with Gasteiger partial charge >= 0.3 is 6.01 Å². The van der Waals surface area contributed by atoms with Gasteiger partial charge in [0.15, 0.2) is 0 Å². The summed E-state index contributed by atoms with van der Waals surface area (Å²) in [6.45, 7) is 2.95.